The number of rotatable bonds is 4. The van der Waals surface area contributed by atoms with E-state index in [1.54, 1.807) is 0 Å². The van der Waals surface area contributed by atoms with Crippen molar-refractivity contribution in [1.29, 1.82) is 0 Å². The molecular weight excluding hydrogens is 200 g/mol. The van der Waals surface area contributed by atoms with Crippen molar-refractivity contribution in [2.24, 2.45) is 0 Å². The lowest BCUT2D eigenvalue weighted by Crippen LogP contribution is -2.38. The molecule has 1 aromatic carbocycles. The number of para-hydroxylation sites is 1. The van der Waals surface area contributed by atoms with Crippen LogP contribution in [-0.2, 0) is 11.2 Å². The lowest BCUT2D eigenvalue weighted by molar-refractivity contribution is -0.121. The molecule has 1 aromatic rings. The standard InChI is InChI=1S/C13H18N2O/c1-2-3-8-14-13(16)12-9-10-6-4-5-7-11(10)15-12/h4-7,12,15H,2-3,8-9H2,1H3,(H,14,16)/t12-/m0/s1. The molecule has 0 fully saturated rings. The van der Waals surface area contributed by atoms with E-state index in [0.717, 1.165) is 31.5 Å². The van der Waals surface area contributed by atoms with Crippen LogP contribution in [0.4, 0.5) is 5.69 Å². The second kappa shape index (κ2) is 5.01. The molecule has 1 aliphatic rings. The Morgan fingerprint density at radius 2 is 2.31 bits per heavy atom. The smallest absolute Gasteiger partial charge is 0.242 e. The van der Waals surface area contributed by atoms with Crippen molar-refractivity contribution in [3.8, 4) is 0 Å². The Labute approximate surface area is 96.2 Å². The van der Waals surface area contributed by atoms with Crippen molar-refractivity contribution in [3.05, 3.63) is 29.8 Å². The number of hydrogen-bond donors (Lipinski definition) is 2. The van der Waals surface area contributed by atoms with Gasteiger partial charge in [0.25, 0.3) is 0 Å². The third kappa shape index (κ3) is 2.35. The van der Waals surface area contributed by atoms with E-state index in [1.807, 2.05) is 18.2 Å². The molecule has 0 saturated heterocycles. The van der Waals surface area contributed by atoms with Crippen molar-refractivity contribution in [3.63, 3.8) is 0 Å². The van der Waals surface area contributed by atoms with Crippen LogP contribution < -0.4 is 10.6 Å². The first-order valence-corrected chi connectivity index (χ1v) is 5.93. The minimum atomic E-state index is -0.0887. The molecule has 0 bridgehead atoms. The molecule has 3 heteroatoms. The predicted molar refractivity (Wildman–Crippen MR) is 65.5 cm³/mol. The maximum atomic E-state index is 11.8. The van der Waals surface area contributed by atoms with Gasteiger partial charge in [0.05, 0.1) is 0 Å². The average molecular weight is 218 g/mol. The maximum absolute atomic E-state index is 11.8. The Morgan fingerprint density at radius 1 is 1.50 bits per heavy atom. The van der Waals surface area contributed by atoms with Crippen LogP contribution in [0.2, 0.25) is 0 Å². The summed E-state index contributed by atoms with van der Waals surface area (Å²) in [5.74, 6) is 0.115. The first kappa shape index (κ1) is 11.0. The van der Waals surface area contributed by atoms with Gasteiger partial charge in [-0.2, -0.15) is 0 Å². The summed E-state index contributed by atoms with van der Waals surface area (Å²) in [4.78, 5) is 11.8. The third-order valence-electron chi connectivity index (χ3n) is 2.92. The third-order valence-corrected chi connectivity index (χ3v) is 2.92. The van der Waals surface area contributed by atoms with E-state index in [4.69, 9.17) is 0 Å². The van der Waals surface area contributed by atoms with Crippen LogP contribution in [0.25, 0.3) is 0 Å². The van der Waals surface area contributed by atoms with Crippen LogP contribution in [0, 0.1) is 0 Å². The van der Waals surface area contributed by atoms with Crippen molar-refractivity contribution in [2.75, 3.05) is 11.9 Å². The van der Waals surface area contributed by atoms with E-state index in [9.17, 15) is 4.79 Å². The lowest BCUT2D eigenvalue weighted by atomic mass is 10.1. The molecule has 1 atom stereocenters. The summed E-state index contributed by atoms with van der Waals surface area (Å²) in [6.45, 7) is 2.90. The van der Waals surface area contributed by atoms with Crippen molar-refractivity contribution < 1.29 is 4.79 Å². The SMILES string of the molecule is CCCCNC(=O)[C@@H]1Cc2ccccc2N1. The fourth-order valence-electron chi connectivity index (χ4n) is 1.97. The van der Waals surface area contributed by atoms with Crippen LogP contribution in [0.15, 0.2) is 24.3 Å². The number of fused-ring (bicyclic) bond motifs is 1. The molecule has 0 aromatic heterocycles. The van der Waals surface area contributed by atoms with E-state index in [-0.39, 0.29) is 11.9 Å². The van der Waals surface area contributed by atoms with E-state index in [2.05, 4.69) is 23.6 Å². The van der Waals surface area contributed by atoms with Crippen LogP contribution in [0.3, 0.4) is 0 Å². The predicted octanol–water partition coefficient (Wildman–Crippen LogP) is 1.94. The number of carbonyl (C=O) groups is 1. The quantitative estimate of drug-likeness (QED) is 0.758. The number of anilines is 1. The number of nitrogens with one attached hydrogen (secondary N) is 2. The van der Waals surface area contributed by atoms with Crippen LogP contribution in [-0.4, -0.2) is 18.5 Å². The highest BCUT2D eigenvalue weighted by Gasteiger charge is 2.25. The minimum Gasteiger partial charge on any atom is -0.373 e. The van der Waals surface area contributed by atoms with E-state index in [1.165, 1.54) is 5.56 Å². The number of benzene rings is 1. The molecule has 0 unspecified atom stereocenters. The van der Waals surface area contributed by atoms with Gasteiger partial charge < -0.3 is 10.6 Å². The zero-order valence-electron chi connectivity index (χ0n) is 9.62. The molecule has 0 radical (unpaired) electrons. The molecule has 1 amide bonds. The van der Waals surface area contributed by atoms with Crippen LogP contribution in [0.1, 0.15) is 25.3 Å². The van der Waals surface area contributed by atoms with Gasteiger partial charge in [-0.15, -0.1) is 0 Å². The summed E-state index contributed by atoms with van der Waals surface area (Å²) in [7, 11) is 0. The number of unbranched alkanes of at least 4 members (excludes halogenated alkanes) is 1. The highest BCUT2D eigenvalue weighted by molar-refractivity contribution is 5.87. The normalized spacial score (nSPS) is 17.7. The molecule has 0 aliphatic carbocycles. The molecule has 1 aliphatic heterocycles. The first-order valence-electron chi connectivity index (χ1n) is 5.93. The average Bonchev–Trinajstić information content (AvgIpc) is 2.73. The molecule has 1 heterocycles. The molecule has 0 spiro atoms. The molecule has 16 heavy (non-hydrogen) atoms. The topological polar surface area (TPSA) is 41.1 Å². The molecule has 2 N–H and O–H groups in total. The second-order valence-electron chi connectivity index (χ2n) is 4.20. The van der Waals surface area contributed by atoms with E-state index in [0.29, 0.717) is 0 Å². The summed E-state index contributed by atoms with van der Waals surface area (Å²) in [6.07, 6.45) is 2.96. The van der Waals surface area contributed by atoms with Gasteiger partial charge in [0.15, 0.2) is 0 Å². The Kier molecular flexibility index (Phi) is 3.44. The summed E-state index contributed by atoms with van der Waals surface area (Å²) in [5, 5.41) is 6.21. The number of amides is 1. The Hall–Kier alpha value is -1.51. The summed E-state index contributed by atoms with van der Waals surface area (Å²) in [6, 6.07) is 8.01. The number of hydrogen-bond acceptors (Lipinski definition) is 2. The fourth-order valence-corrected chi connectivity index (χ4v) is 1.97. The Bertz CT molecular complexity index is 351. The monoisotopic (exact) mass is 218 g/mol. The molecular formula is C13H18N2O. The highest BCUT2D eigenvalue weighted by Crippen LogP contribution is 2.24. The first-order chi connectivity index (χ1) is 7.81. The van der Waals surface area contributed by atoms with Crippen molar-refractivity contribution >= 4 is 11.6 Å². The van der Waals surface area contributed by atoms with Gasteiger partial charge in [-0.25, -0.2) is 0 Å². The van der Waals surface area contributed by atoms with Crippen molar-refractivity contribution in [1.82, 2.24) is 5.32 Å². The Morgan fingerprint density at radius 3 is 3.06 bits per heavy atom. The minimum absolute atomic E-state index is 0.0887. The molecule has 86 valence electrons. The molecule has 2 rings (SSSR count). The van der Waals surface area contributed by atoms with E-state index >= 15 is 0 Å². The van der Waals surface area contributed by atoms with E-state index < -0.39 is 0 Å². The zero-order valence-corrected chi connectivity index (χ0v) is 9.62. The van der Waals surface area contributed by atoms with Gasteiger partial charge in [0.2, 0.25) is 5.91 Å². The number of carbonyl (C=O) groups excluding carboxylic acids is 1. The molecule has 0 saturated carbocycles. The Balaban J connectivity index is 1.88. The molecule has 3 nitrogen and oxygen atoms in total. The summed E-state index contributed by atoms with van der Waals surface area (Å²) >= 11 is 0. The van der Waals surface area contributed by atoms with Gasteiger partial charge in [0.1, 0.15) is 6.04 Å². The maximum Gasteiger partial charge on any atom is 0.242 e. The van der Waals surface area contributed by atoms with Gasteiger partial charge in [0, 0.05) is 18.7 Å². The second-order valence-corrected chi connectivity index (χ2v) is 4.20. The van der Waals surface area contributed by atoms with Gasteiger partial charge in [-0.1, -0.05) is 31.5 Å². The van der Waals surface area contributed by atoms with Gasteiger partial charge in [-0.3, -0.25) is 4.79 Å². The van der Waals surface area contributed by atoms with Crippen LogP contribution >= 0.6 is 0 Å². The largest absolute Gasteiger partial charge is 0.373 e. The highest BCUT2D eigenvalue weighted by atomic mass is 16.2. The lowest BCUT2D eigenvalue weighted by Gasteiger charge is -2.11. The van der Waals surface area contributed by atoms with Gasteiger partial charge >= 0.3 is 0 Å². The fraction of sp³-hybridized carbons (Fsp3) is 0.462. The van der Waals surface area contributed by atoms with Crippen LogP contribution in [0.5, 0.6) is 0 Å². The van der Waals surface area contributed by atoms with Crippen molar-refractivity contribution in [2.45, 2.75) is 32.2 Å². The summed E-state index contributed by atoms with van der Waals surface area (Å²) in [5.41, 5.74) is 2.33. The van der Waals surface area contributed by atoms with Gasteiger partial charge in [-0.05, 0) is 18.1 Å². The zero-order chi connectivity index (χ0) is 11.4. The summed E-state index contributed by atoms with van der Waals surface area (Å²) < 4.78 is 0.